The van der Waals surface area contributed by atoms with Crippen LogP contribution in [0.1, 0.15) is 44.9 Å². The molecule has 0 saturated carbocycles. The second kappa shape index (κ2) is 14.0. The molecule has 0 bridgehead atoms. The number of para-hydroxylation sites is 1. The van der Waals surface area contributed by atoms with E-state index < -0.39 is 5.41 Å². The summed E-state index contributed by atoms with van der Waals surface area (Å²) in [6.45, 7) is 0. The van der Waals surface area contributed by atoms with Gasteiger partial charge in [-0.1, -0.05) is 206 Å². The Morgan fingerprint density at radius 2 is 0.937 bits per heavy atom. The summed E-state index contributed by atoms with van der Waals surface area (Å²) < 4.78 is 2.43. The zero-order valence-electron chi connectivity index (χ0n) is 34.6. The van der Waals surface area contributed by atoms with E-state index in [1.54, 1.807) is 0 Å². The summed E-state index contributed by atoms with van der Waals surface area (Å²) in [5, 5.41) is 2.50. The van der Waals surface area contributed by atoms with Crippen molar-refractivity contribution in [2.45, 2.75) is 11.3 Å². The Kier molecular flexibility index (Phi) is 7.95. The molecule has 294 valence electrons. The van der Waals surface area contributed by atoms with Gasteiger partial charge in [0.25, 0.3) is 0 Å². The number of hydrogen-bond donors (Lipinski definition) is 0. The quantitative estimate of drug-likeness (QED) is 0.158. The lowest BCUT2D eigenvalue weighted by molar-refractivity contribution is 0.769. The molecule has 0 N–H and O–H groups in total. The van der Waals surface area contributed by atoms with E-state index >= 15 is 0 Å². The first-order chi connectivity index (χ1) is 31.3. The highest BCUT2D eigenvalue weighted by atomic mass is 15.0. The van der Waals surface area contributed by atoms with Gasteiger partial charge in [0.05, 0.1) is 16.4 Å². The highest BCUT2D eigenvalue weighted by molar-refractivity contribution is 6.10. The third kappa shape index (κ3) is 5.24. The van der Waals surface area contributed by atoms with Gasteiger partial charge in [-0.15, -0.1) is 0 Å². The van der Waals surface area contributed by atoms with Crippen LogP contribution in [0.3, 0.4) is 0 Å². The van der Waals surface area contributed by atoms with Gasteiger partial charge in [0.2, 0.25) is 0 Å². The van der Waals surface area contributed by atoms with Crippen LogP contribution in [0.5, 0.6) is 0 Å². The van der Waals surface area contributed by atoms with Gasteiger partial charge in [-0.3, -0.25) is 0 Å². The molecule has 2 aliphatic carbocycles. The van der Waals surface area contributed by atoms with Crippen LogP contribution in [-0.4, -0.2) is 4.57 Å². The fourth-order valence-electron chi connectivity index (χ4n) is 11.3. The Morgan fingerprint density at radius 1 is 0.349 bits per heavy atom. The molecule has 1 nitrogen and oxygen atoms in total. The van der Waals surface area contributed by atoms with Crippen LogP contribution < -0.4 is 0 Å². The Morgan fingerprint density at radius 3 is 1.71 bits per heavy atom. The van der Waals surface area contributed by atoms with E-state index in [1.165, 1.54) is 105 Å². The zero-order chi connectivity index (χ0) is 41.5. The molecule has 0 saturated heterocycles. The van der Waals surface area contributed by atoms with Crippen LogP contribution >= 0.6 is 0 Å². The molecule has 1 heterocycles. The number of rotatable bonds is 6. The lowest BCUT2D eigenvalue weighted by Gasteiger charge is -2.35. The maximum atomic E-state index is 2.50. The average Bonchev–Trinajstić information content (AvgIpc) is 3.99. The highest BCUT2D eigenvalue weighted by Crippen LogP contribution is 2.63. The molecule has 0 spiro atoms. The Labute approximate surface area is 367 Å². The second-order valence-electron chi connectivity index (χ2n) is 17.1. The first kappa shape index (κ1) is 35.7. The van der Waals surface area contributed by atoms with Crippen molar-refractivity contribution in [2.24, 2.45) is 0 Å². The van der Waals surface area contributed by atoms with Crippen molar-refractivity contribution in [1.29, 1.82) is 0 Å². The summed E-state index contributed by atoms with van der Waals surface area (Å²) in [5.74, 6) is 0.107. The molecule has 0 radical (unpaired) electrons. The van der Waals surface area contributed by atoms with Gasteiger partial charge < -0.3 is 4.57 Å². The highest BCUT2D eigenvalue weighted by Gasteiger charge is 2.50. The van der Waals surface area contributed by atoms with Gasteiger partial charge in [0.1, 0.15) is 0 Å². The van der Waals surface area contributed by atoms with Crippen molar-refractivity contribution in [3.8, 4) is 50.2 Å². The molecule has 63 heavy (non-hydrogen) atoms. The van der Waals surface area contributed by atoms with Crippen molar-refractivity contribution in [2.75, 3.05) is 0 Å². The summed E-state index contributed by atoms with van der Waals surface area (Å²) in [6, 6.07) is 90.4. The fourth-order valence-corrected chi connectivity index (χ4v) is 11.3. The summed E-state index contributed by atoms with van der Waals surface area (Å²) in [4.78, 5) is 0. The van der Waals surface area contributed by atoms with E-state index in [1.807, 2.05) is 0 Å². The van der Waals surface area contributed by atoms with E-state index in [4.69, 9.17) is 0 Å². The molecule has 2 aliphatic rings. The third-order valence-electron chi connectivity index (χ3n) is 13.9. The molecule has 1 aromatic heterocycles. The van der Waals surface area contributed by atoms with Crippen LogP contribution in [0.25, 0.3) is 72.0 Å². The van der Waals surface area contributed by atoms with Crippen molar-refractivity contribution in [1.82, 2.24) is 4.57 Å². The van der Waals surface area contributed by atoms with E-state index in [0.29, 0.717) is 0 Å². The Bertz CT molecular complexity index is 3510. The van der Waals surface area contributed by atoms with Gasteiger partial charge in [0.15, 0.2) is 0 Å². The number of aromatic nitrogens is 1. The summed E-state index contributed by atoms with van der Waals surface area (Å²) in [6.07, 6.45) is 0. The lowest BCUT2D eigenvalue weighted by atomic mass is 9.66. The molecule has 0 amide bonds. The number of fused-ring (bicyclic) bond motifs is 10. The van der Waals surface area contributed by atoms with Crippen molar-refractivity contribution >= 4 is 21.8 Å². The molecule has 0 fully saturated rings. The fraction of sp³-hybridized carbons (Fsp3) is 0.0323. The normalized spacial score (nSPS) is 14.3. The van der Waals surface area contributed by atoms with Gasteiger partial charge >= 0.3 is 0 Å². The zero-order valence-corrected chi connectivity index (χ0v) is 34.6. The van der Waals surface area contributed by atoms with E-state index in [-0.39, 0.29) is 5.92 Å². The van der Waals surface area contributed by atoms with Crippen molar-refractivity contribution in [3.05, 3.63) is 282 Å². The average molecular weight is 800 g/mol. The first-order valence-electron chi connectivity index (χ1n) is 22.0. The molecule has 1 unspecified atom stereocenters. The standard InChI is InChI=1S/C62H41N/c1-5-18-41(19-6-1)43-22-17-27-48(38-43)63-57-31-16-14-29-50(57)54-39-45(33-37-58(54)63)44-32-34-51-55(40-44)60-53(59(51)42-20-7-2-8-21-42)36-35-52-49-28-13-15-30-56(49)62(61(52)60,46-23-9-3-10-24-46)47-25-11-4-12-26-47/h1-40,59H. The van der Waals surface area contributed by atoms with Gasteiger partial charge in [-0.2, -0.15) is 0 Å². The Balaban J connectivity index is 1.05. The van der Waals surface area contributed by atoms with E-state index in [2.05, 4.69) is 247 Å². The first-order valence-corrected chi connectivity index (χ1v) is 22.0. The lowest BCUT2D eigenvalue weighted by Crippen LogP contribution is -2.29. The maximum Gasteiger partial charge on any atom is 0.0719 e. The molecule has 11 aromatic rings. The number of benzene rings is 10. The van der Waals surface area contributed by atoms with Crippen LogP contribution in [0.15, 0.2) is 243 Å². The molecular formula is C62H41N. The van der Waals surface area contributed by atoms with E-state index in [0.717, 1.165) is 5.69 Å². The summed E-state index contributed by atoms with van der Waals surface area (Å²) in [7, 11) is 0. The molecule has 13 rings (SSSR count). The topological polar surface area (TPSA) is 4.93 Å². The minimum absolute atomic E-state index is 0.107. The largest absolute Gasteiger partial charge is 0.309 e. The molecule has 1 heteroatoms. The van der Waals surface area contributed by atoms with Gasteiger partial charge in [-0.05, 0) is 120 Å². The smallest absolute Gasteiger partial charge is 0.0719 e. The van der Waals surface area contributed by atoms with Gasteiger partial charge in [0, 0.05) is 22.4 Å². The second-order valence-corrected chi connectivity index (χ2v) is 17.1. The number of nitrogens with zero attached hydrogens (tertiary/aromatic N) is 1. The third-order valence-corrected chi connectivity index (χ3v) is 13.9. The van der Waals surface area contributed by atoms with Crippen molar-refractivity contribution < 1.29 is 0 Å². The minimum Gasteiger partial charge on any atom is -0.309 e. The summed E-state index contributed by atoms with van der Waals surface area (Å²) in [5.41, 5.74) is 22.5. The maximum absolute atomic E-state index is 2.50. The molecule has 0 aliphatic heterocycles. The van der Waals surface area contributed by atoms with Crippen LogP contribution in [0.2, 0.25) is 0 Å². The van der Waals surface area contributed by atoms with Crippen molar-refractivity contribution in [3.63, 3.8) is 0 Å². The minimum atomic E-state index is -0.517. The van der Waals surface area contributed by atoms with Crippen LogP contribution in [0.4, 0.5) is 0 Å². The van der Waals surface area contributed by atoms with E-state index in [9.17, 15) is 0 Å². The molecular weight excluding hydrogens is 759 g/mol. The molecule has 1 atom stereocenters. The molecule has 10 aromatic carbocycles. The van der Waals surface area contributed by atoms with Crippen LogP contribution in [-0.2, 0) is 5.41 Å². The predicted octanol–water partition coefficient (Wildman–Crippen LogP) is 15.6. The SMILES string of the molecule is c1ccc(-c2cccc(-n3c4ccccc4c4cc(-c5ccc6c(c5)-c5c(ccc7c5C(c5ccccc5)(c5ccccc5)c5ccccc5-7)C6c5ccccc5)ccc43)c2)cc1. The monoisotopic (exact) mass is 799 g/mol. The van der Waals surface area contributed by atoms with Gasteiger partial charge in [-0.25, -0.2) is 0 Å². The number of hydrogen-bond acceptors (Lipinski definition) is 0. The van der Waals surface area contributed by atoms with Crippen LogP contribution in [0, 0.1) is 0 Å². The summed E-state index contributed by atoms with van der Waals surface area (Å²) >= 11 is 0. The Hall–Kier alpha value is -8.00. The predicted molar refractivity (Wildman–Crippen MR) is 262 cm³/mol.